The van der Waals surface area contributed by atoms with Gasteiger partial charge in [0.2, 0.25) is 10.0 Å². The normalized spacial score (nSPS) is 11.7. The van der Waals surface area contributed by atoms with Gasteiger partial charge in [0.1, 0.15) is 5.82 Å². The number of nitrogens with one attached hydrogen (secondary N) is 2. The third-order valence-electron chi connectivity index (χ3n) is 3.02. The lowest BCUT2D eigenvalue weighted by atomic mass is 10.2. The molecule has 21 heavy (non-hydrogen) atoms. The monoisotopic (exact) mass is 372 g/mol. The molecule has 0 atom stereocenters. The van der Waals surface area contributed by atoms with E-state index in [1.165, 1.54) is 6.07 Å². The number of halogens is 1. The van der Waals surface area contributed by atoms with Crippen LogP contribution in [0.25, 0.3) is 0 Å². The number of nitrogens with zero attached hydrogens (tertiary/aromatic N) is 1. The number of rotatable bonds is 6. The smallest absolute Gasteiger partial charge is 0.240 e. The minimum absolute atomic E-state index is 0.209. The number of sulfonamides is 1. The van der Waals surface area contributed by atoms with Crippen LogP contribution in [0.4, 0.5) is 5.69 Å². The van der Waals surface area contributed by atoms with Crippen LogP contribution in [0.1, 0.15) is 17.8 Å². The number of aryl methyl sites for hydroxylation is 2. The van der Waals surface area contributed by atoms with E-state index >= 15 is 0 Å². The molecular weight excluding hydrogens is 356 g/mol. The van der Waals surface area contributed by atoms with Gasteiger partial charge >= 0.3 is 0 Å². The Labute approximate surface area is 132 Å². The predicted octanol–water partition coefficient (Wildman–Crippen LogP) is 1.97. The molecule has 6 nitrogen and oxygen atoms in total. The summed E-state index contributed by atoms with van der Waals surface area (Å²) in [5.74, 6) is 0.846. The summed E-state index contributed by atoms with van der Waals surface area (Å²) in [5.41, 5.74) is 6.80. The third kappa shape index (κ3) is 4.05. The van der Waals surface area contributed by atoms with E-state index in [1.807, 2.05) is 0 Å². The summed E-state index contributed by atoms with van der Waals surface area (Å²) < 4.78 is 27.8. The summed E-state index contributed by atoms with van der Waals surface area (Å²) in [6.07, 6.45) is 4.77. The average molecular weight is 373 g/mol. The number of hydrogen-bond donors (Lipinski definition) is 3. The van der Waals surface area contributed by atoms with Crippen molar-refractivity contribution in [1.82, 2.24) is 14.7 Å². The minimum Gasteiger partial charge on any atom is -0.398 e. The van der Waals surface area contributed by atoms with Gasteiger partial charge in [0.05, 0.1) is 4.90 Å². The van der Waals surface area contributed by atoms with Gasteiger partial charge in [-0.1, -0.05) is 0 Å². The molecule has 0 amide bonds. The van der Waals surface area contributed by atoms with Gasteiger partial charge in [-0.25, -0.2) is 18.1 Å². The molecule has 0 saturated heterocycles. The van der Waals surface area contributed by atoms with E-state index < -0.39 is 10.0 Å². The topological polar surface area (TPSA) is 101 Å². The van der Waals surface area contributed by atoms with E-state index in [0.29, 0.717) is 35.1 Å². The highest BCUT2D eigenvalue weighted by molar-refractivity contribution is 9.10. The first-order valence-corrected chi connectivity index (χ1v) is 8.71. The van der Waals surface area contributed by atoms with Crippen molar-refractivity contribution in [3.05, 3.63) is 40.4 Å². The Morgan fingerprint density at radius 3 is 2.86 bits per heavy atom. The van der Waals surface area contributed by atoms with Crippen molar-refractivity contribution >= 4 is 31.6 Å². The fourth-order valence-corrected chi connectivity index (χ4v) is 3.72. The maximum Gasteiger partial charge on any atom is 0.240 e. The van der Waals surface area contributed by atoms with Crippen LogP contribution in [0.3, 0.4) is 0 Å². The molecule has 0 unspecified atom stereocenters. The number of anilines is 1. The van der Waals surface area contributed by atoms with Crippen LogP contribution in [0.2, 0.25) is 0 Å². The van der Waals surface area contributed by atoms with Crippen molar-refractivity contribution in [2.75, 3.05) is 12.3 Å². The second-order valence-corrected chi connectivity index (χ2v) is 7.27. The van der Waals surface area contributed by atoms with E-state index in [0.717, 1.165) is 5.82 Å². The first-order chi connectivity index (χ1) is 9.90. The van der Waals surface area contributed by atoms with Crippen LogP contribution in [-0.4, -0.2) is 24.9 Å². The van der Waals surface area contributed by atoms with Crippen molar-refractivity contribution in [2.45, 2.75) is 24.7 Å². The summed E-state index contributed by atoms with van der Waals surface area (Å²) in [5, 5.41) is 0. The number of benzene rings is 1. The number of aromatic amines is 1. The van der Waals surface area contributed by atoms with Crippen molar-refractivity contribution < 1.29 is 8.42 Å². The number of aromatic nitrogens is 2. The quantitative estimate of drug-likeness (QED) is 0.532. The van der Waals surface area contributed by atoms with Gasteiger partial charge in [-0.05, 0) is 47.0 Å². The predicted molar refractivity (Wildman–Crippen MR) is 85.4 cm³/mol. The maximum absolute atomic E-state index is 12.3. The number of nitrogen functional groups attached to an aromatic ring is 1. The van der Waals surface area contributed by atoms with Crippen molar-refractivity contribution in [3.8, 4) is 0 Å². The van der Waals surface area contributed by atoms with Gasteiger partial charge in [-0.15, -0.1) is 0 Å². The van der Waals surface area contributed by atoms with E-state index in [9.17, 15) is 8.42 Å². The Morgan fingerprint density at radius 1 is 1.43 bits per heavy atom. The highest BCUT2D eigenvalue weighted by Gasteiger charge is 2.17. The highest BCUT2D eigenvalue weighted by atomic mass is 79.9. The van der Waals surface area contributed by atoms with Gasteiger partial charge in [0.25, 0.3) is 0 Å². The number of nitrogens with two attached hydrogens (primary N) is 1. The van der Waals surface area contributed by atoms with Crippen LogP contribution in [-0.2, 0) is 16.4 Å². The fraction of sp³-hybridized carbons (Fsp3) is 0.308. The summed E-state index contributed by atoms with van der Waals surface area (Å²) in [7, 11) is -3.55. The molecule has 0 aliphatic rings. The number of hydrogen-bond acceptors (Lipinski definition) is 4. The zero-order valence-corrected chi connectivity index (χ0v) is 14.0. The van der Waals surface area contributed by atoms with E-state index in [1.54, 1.807) is 25.4 Å². The molecule has 0 fully saturated rings. The Balaban J connectivity index is 2.00. The third-order valence-corrected chi connectivity index (χ3v) is 5.31. The zero-order valence-electron chi connectivity index (χ0n) is 11.6. The molecule has 0 aliphatic carbocycles. The lowest BCUT2D eigenvalue weighted by Crippen LogP contribution is -2.26. The SMILES string of the molecule is Cc1cc(Br)c(N)cc1S(=O)(=O)NCCCc1ncc[nH]1. The summed E-state index contributed by atoms with van der Waals surface area (Å²) in [6.45, 7) is 2.08. The molecule has 0 spiro atoms. The van der Waals surface area contributed by atoms with Crippen LogP contribution < -0.4 is 10.5 Å². The maximum atomic E-state index is 12.3. The van der Waals surface area contributed by atoms with Crippen molar-refractivity contribution in [3.63, 3.8) is 0 Å². The van der Waals surface area contributed by atoms with E-state index in [2.05, 4.69) is 30.6 Å². The number of imidazole rings is 1. The van der Waals surface area contributed by atoms with Crippen LogP contribution >= 0.6 is 15.9 Å². The molecule has 1 aromatic carbocycles. The Morgan fingerprint density at radius 2 is 2.19 bits per heavy atom. The molecule has 0 bridgehead atoms. The largest absolute Gasteiger partial charge is 0.398 e. The summed E-state index contributed by atoms with van der Waals surface area (Å²) in [4.78, 5) is 7.28. The molecular formula is C13H17BrN4O2S. The van der Waals surface area contributed by atoms with E-state index in [-0.39, 0.29) is 4.90 Å². The van der Waals surface area contributed by atoms with Crippen LogP contribution in [0.5, 0.6) is 0 Å². The van der Waals surface area contributed by atoms with Gasteiger partial charge in [-0.2, -0.15) is 0 Å². The molecule has 114 valence electrons. The lowest BCUT2D eigenvalue weighted by molar-refractivity contribution is 0.577. The second-order valence-electron chi connectivity index (χ2n) is 4.68. The minimum atomic E-state index is -3.55. The second kappa shape index (κ2) is 6.59. The Hall–Kier alpha value is -1.38. The van der Waals surface area contributed by atoms with Gasteiger partial charge in [-0.3, -0.25) is 0 Å². The molecule has 0 radical (unpaired) electrons. The van der Waals surface area contributed by atoms with Crippen LogP contribution in [0.15, 0.2) is 33.9 Å². The molecule has 4 N–H and O–H groups in total. The molecule has 1 heterocycles. The highest BCUT2D eigenvalue weighted by Crippen LogP contribution is 2.26. The van der Waals surface area contributed by atoms with E-state index in [4.69, 9.17) is 5.73 Å². The lowest BCUT2D eigenvalue weighted by Gasteiger charge is -2.11. The molecule has 0 saturated carbocycles. The van der Waals surface area contributed by atoms with Crippen molar-refractivity contribution in [1.29, 1.82) is 0 Å². The molecule has 8 heteroatoms. The Kier molecular flexibility index (Phi) is 5.02. The summed E-state index contributed by atoms with van der Waals surface area (Å²) >= 11 is 3.28. The summed E-state index contributed by atoms with van der Waals surface area (Å²) in [6, 6.07) is 3.17. The molecule has 2 aromatic rings. The first-order valence-electron chi connectivity index (χ1n) is 6.43. The Bertz CT molecular complexity index is 714. The zero-order chi connectivity index (χ0) is 15.5. The van der Waals surface area contributed by atoms with Gasteiger partial charge in [0, 0.05) is 35.5 Å². The first kappa shape index (κ1) is 16.0. The molecule has 1 aromatic heterocycles. The fourth-order valence-electron chi connectivity index (χ4n) is 1.93. The van der Waals surface area contributed by atoms with Crippen molar-refractivity contribution in [2.24, 2.45) is 0 Å². The average Bonchev–Trinajstić information content (AvgIpc) is 2.92. The van der Waals surface area contributed by atoms with Gasteiger partial charge < -0.3 is 10.7 Å². The number of H-pyrrole nitrogens is 1. The molecule has 2 rings (SSSR count). The van der Waals surface area contributed by atoms with Gasteiger partial charge in [0.15, 0.2) is 0 Å². The molecule has 0 aliphatic heterocycles. The van der Waals surface area contributed by atoms with Crippen LogP contribution in [0, 0.1) is 6.92 Å². The standard InChI is InChI=1S/C13H17BrN4O2S/c1-9-7-10(14)11(15)8-12(9)21(19,20)18-4-2-3-13-16-5-6-17-13/h5-8,18H,2-4,15H2,1H3,(H,16,17).